The van der Waals surface area contributed by atoms with Crippen molar-refractivity contribution in [1.29, 1.82) is 0 Å². The molecule has 0 radical (unpaired) electrons. The van der Waals surface area contributed by atoms with Crippen molar-refractivity contribution in [2.45, 2.75) is 50.7 Å². The molecule has 2 aliphatic heterocycles. The SMILES string of the molecule is CC[C@H]1CN(C(=O)NC)C[C@@H]1N(C(=O)NCC1=CC(c2cccc(OC(F)(F)F)c2)NO1)C1CC1. The van der Waals surface area contributed by atoms with Gasteiger partial charge < -0.3 is 30.0 Å². The van der Waals surface area contributed by atoms with E-state index in [1.54, 1.807) is 24.1 Å². The second-order valence-electron chi connectivity index (χ2n) is 8.94. The summed E-state index contributed by atoms with van der Waals surface area (Å²) >= 11 is 0. The molecule has 1 aromatic carbocycles. The van der Waals surface area contributed by atoms with Gasteiger partial charge in [-0.1, -0.05) is 19.1 Å². The van der Waals surface area contributed by atoms with Crippen LogP contribution in [0, 0.1) is 5.92 Å². The van der Waals surface area contributed by atoms with Crippen LogP contribution >= 0.6 is 0 Å². The van der Waals surface area contributed by atoms with E-state index in [0.717, 1.165) is 19.3 Å². The lowest BCUT2D eigenvalue weighted by atomic mass is 9.99. The Kier molecular flexibility index (Phi) is 7.29. The summed E-state index contributed by atoms with van der Waals surface area (Å²) in [6, 6.07) is 4.86. The smallest absolute Gasteiger partial charge is 0.411 e. The van der Waals surface area contributed by atoms with Crippen molar-refractivity contribution in [2.75, 3.05) is 26.7 Å². The minimum atomic E-state index is -4.77. The first-order chi connectivity index (χ1) is 16.7. The number of carbonyl (C=O) groups excluding carboxylic acids is 2. The van der Waals surface area contributed by atoms with Gasteiger partial charge in [-0.3, -0.25) is 0 Å². The Hall–Kier alpha value is -3.15. The van der Waals surface area contributed by atoms with E-state index in [4.69, 9.17) is 4.84 Å². The molecular formula is C23H30F3N5O4. The molecule has 12 heteroatoms. The standard InChI is InChI=1S/C23H30F3N5O4/c1-3-14-12-30(21(32)27-2)13-20(14)31(16-7-8-16)22(33)28-11-18-10-19(29-35-18)15-5-4-6-17(9-15)34-23(24,25)26/h4-6,9-10,14,16,19-20,29H,3,7-8,11-13H2,1-2H3,(H,27,32)(H,28,33)/t14-,19?,20-/m0/s1. The maximum absolute atomic E-state index is 13.2. The molecule has 1 unspecified atom stereocenters. The van der Waals surface area contributed by atoms with Gasteiger partial charge in [-0.05, 0) is 49.0 Å². The summed E-state index contributed by atoms with van der Waals surface area (Å²) in [6.07, 6.45) is -0.360. The fourth-order valence-electron chi connectivity index (χ4n) is 4.65. The molecule has 2 fully saturated rings. The van der Waals surface area contributed by atoms with Crippen LogP contribution in [0.5, 0.6) is 5.75 Å². The third-order valence-electron chi connectivity index (χ3n) is 6.50. The van der Waals surface area contributed by atoms with Crippen LogP contribution in [-0.4, -0.2) is 67.0 Å². The third kappa shape index (κ3) is 6.11. The molecule has 0 aromatic heterocycles. The predicted molar refractivity (Wildman–Crippen MR) is 120 cm³/mol. The normalized spacial score (nSPS) is 24.0. The van der Waals surface area contributed by atoms with Crippen molar-refractivity contribution in [1.82, 2.24) is 25.9 Å². The minimum absolute atomic E-state index is 0.0643. The number of alkyl halides is 3. The number of hydrogen-bond donors (Lipinski definition) is 3. The summed E-state index contributed by atoms with van der Waals surface area (Å²) in [7, 11) is 1.60. The molecule has 1 aliphatic carbocycles. The second-order valence-corrected chi connectivity index (χ2v) is 8.94. The largest absolute Gasteiger partial charge is 0.573 e. The van der Waals surface area contributed by atoms with E-state index in [9.17, 15) is 22.8 Å². The quantitative estimate of drug-likeness (QED) is 0.538. The highest BCUT2D eigenvalue weighted by Gasteiger charge is 2.45. The van der Waals surface area contributed by atoms with E-state index in [1.165, 1.54) is 18.2 Å². The van der Waals surface area contributed by atoms with Crippen molar-refractivity contribution < 1.29 is 32.3 Å². The highest BCUT2D eigenvalue weighted by Crippen LogP contribution is 2.35. The van der Waals surface area contributed by atoms with Gasteiger partial charge in [0.15, 0.2) is 0 Å². The lowest BCUT2D eigenvalue weighted by Gasteiger charge is -2.32. The summed E-state index contributed by atoms with van der Waals surface area (Å²) in [5, 5.41) is 5.55. The zero-order chi connectivity index (χ0) is 25.2. The van der Waals surface area contributed by atoms with Crippen LogP contribution in [0.2, 0.25) is 0 Å². The highest BCUT2D eigenvalue weighted by atomic mass is 19.4. The van der Waals surface area contributed by atoms with Gasteiger partial charge in [-0.25, -0.2) is 9.59 Å². The number of nitrogens with zero attached hydrogens (tertiary/aromatic N) is 2. The Morgan fingerprint density at radius 2 is 2.06 bits per heavy atom. The zero-order valence-electron chi connectivity index (χ0n) is 19.6. The molecule has 2 heterocycles. The summed E-state index contributed by atoms with van der Waals surface area (Å²) in [5.74, 6) is 0.324. The van der Waals surface area contributed by atoms with Crippen LogP contribution in [0.1, 0.15) is 37.8 Å². The monoisotopic (exact) mass is 497 g/mol. The summed E-state index contributed by atoms with van der Waals surface area (Å²) < 4.78 is 41.5. The number of hydrogen-bond acceptors (Lipinski definition) is 5. The van der Waals surface area contributed by atoms with Crippen LogP contribution in [0.4, 0.5) is 22.8 Å². The number of hydroxylamine groups is 1. The van der Waals surface area contributed by atoms with Crippen LogP contribution in [0.3, 0.4) is 0 Å². The molecule has 4 amide bonds. The van der Waals surface area contributed by atoms with E-state index in [0.29, 0.717) is 24.4 Å². The Morgan fingerprint density at radius 3 is 2.71 bits per heavy atom. The fourth-order valence-corrected chi connectivity index (χ4v) is 4.65. The van der Waals surface area contributed by atoms with Crippen molar-refractivity contribution in [3.05, 3.63) is 41.7 Å². The van der Waals surface area contributed by atoms with E-state index in [2.05, 4.69) is 27.8 Å². The number of amides is 4. The maximum Gasteiger partial charge on any atom is 0.573 e. The summed E-state index contributed by atoms with van der Waals surface area (Å²) in [4.78, 5) is 34.4. The minimum Gasteiger partial charge on any atom is -0.411 e. The number of ether oxygens (including phenoxy) is 1. The second kappa shape index (κ2) is 10.2. The summed E-state index contributed by atoms with van der Waals surface area (Å²) in [6.45, 7) is 3.27. The van der Waals surface area contributed by atoms with Gasteiger partial charge in [0, 0.05) is 26.2 Å². The molecule has 3 N–H and O–H groups in total. The van der Waals surface area contributed by atoms with E-state index in [1.807, 2.05) is 4.90 Å². The molecule has 4 rings (SSSR count). The predicted octanol–water partition coefficient (Wildman–Crippen LogP) is 3.27. The van der Waals surface area contributed by atoms with E-state index in [-0.39, 0.29) is 42.4 Å². The lowest BCUT2D eigenvalue weighted by molar-refractivity contribution is -0.274. The van der Waals surface area contributed by atoms with Crippen LogP contribution in [0.15, 0.2) is 36.1 Å². The lowest BCUT2D eigenvalue weighted by Crippen LogP contribution is -2.51. The van der Waals surface area contributed by atoms with Crippen molar-refractivity contribution in [2.24, 2.45) is 5.92 Å². The summed E-state index contributed by atoms with van der Waals surface area (Å²) in [5.41, 5.74) is 3.28. The average Bonchev–Trinajstić information content (AvgIpc) is 3.37. The van der Waals surface area contributed by atoms with Gasteiger partial charge in [0.25, 0.3) is 0 Å². The third-order valence-corrected chi connectivity index (χ3v) is 6.50. The van der Waals surface area contributed by atoms with Crippen LogP contribution in [-0.2, 0) is 4.84 Å². The zero-order valence-corrected chi connectivity index (χ0v) is 19.6. The molecule has 0 spiro atoms. The first kappa shape index (κ1) is 25.0. The molecule has 35 heavy (non-hydrogen) atoms. The Bertz CT molecular complexity index is 969. The molecule has 1 saturated carbocycles. The molecular weight excluding hydrogens is 467 g/mol. The maximum atomic E-state index is 13.2. The molecule has 1 saturated heterocycles. The molecule has 0 bridgehead atoms. The average molecular weight is 498 g/mol. The fraction of sp³-hybridized carbons (Fsp3) is 0.565. The number of carbonyl (C=O) groups is 2. The van der Waals surface area contributed by atoms with E-state index >= 15 is 0 Å². The van der Waals surface area contributed by atoms with Crippen molar-refractivity contribution >= 4 is 12.1 Å². The van der Waals surface area contributed by atoms with Crippen LogP contribution < -0.4 is 20.9 Å². The van der Waals surface area contributed by atoms with Gasteiger partial charge in [0.05, 0.1) is 18.6 Å². The van der Waals surface area contributed by atoms with Gasteiger partial charge in [-0.15, -0.1) is 18.7 Å². The number of benzene rings is 1. The molecule has 3 atom stereocenters. The first-order valence-electron chi connectivity index (χ1n) is 11.7. The van der Waals surface area contributed by atoms with Crippen LogP contribution in [0.25, 0.3) is 0 Å². The van der Waals surface area contributed by atoms with Crippen molar-refractivity contribution in [3.63, 3.8) is 0 Å². The number of nitrogens with one attached hydrogen (secondary N) is 3. The molecule has 9 nitrogen and oxygen atoms in total. The topological polar surface area (TPSA) is 95.2 Å². The van der Waals surface area contributed by atoms with Gasteiger partial charge in [-0.2, -0.15) is 0 Å². The Labute approximate surface area is 201 Å². The first-order valence-corrected chi connectivity index (χ1v) is 11.7. The molecule has 1 aromatic rings. The van der Waals surface area contributed by atoms with E-state index < -0.39 is 12.4 Å². The number of urea groups is 2. The number of rotatable bonds is 7. The number of likely N-dealkylation sites (tertiary alicyclic amines) is 1. The molecule has 3 aliphatic rings. The Balaban J connectivity index is 1.37. The van der Waals surface area contributed by atoms with Crippen molar-refractivity contribution in [3.8, 4) is 5.75 Å². The Morgan fingerprint density at radius 1 is 1.29 bits per heavy atom. The van der Waals surface area contributed by atoms with Gasteiger partial charge in [0.2, 0.25) is 0 Å². The highest BCUT2D eigenvalue weighted by molar-refractivity contribution is 5.77. The number of halogens is 3. The molecule has 192 valence electrons. The van der Waals surface area contributed by atoms with Gasteiger partial charge in [0.1, 0.15) is 11.5 Å². The van der Waals surface area contributed by atoms with Gasteiger partial charge >= 0.3 is 18.4 Å².